The second-order valence-electron chi connectivity index (χ2n) is 2.20. The van der Waals surface area contributed by atoms with Gasteiger partial charge in [-0.1, -0.05) is 30.9 Å². The van der Waals surface area contributed by atoms with Gasteiger partial charge in [0.25, 0.3) is 0 Å². The monoisotopic (exact) mass is 254 g/mol. The number of rotatable bonds is 2. The van der Waals surface area contributed by atoms with Crippen LogP contribution in [0.1, 0.15) is 5.56 Å². The third-order valence-electron chi connectivity index (χ3n) is 1.41. The van der Waals surface area contributed by atoms with Crippen LogP contribution in [0, 0.1) is 0 Å². The molecule has 15 heavy (non-hydrogen) atoms. The normalized spacial score (nSPS) is 8.87. The second-order valence-corrected chi connectivity index (χ2v) is 3.54. The van der Waals surface area contributed by atoms with E-state index in [1.807, 2.05) is 0 Å². The molecule has 88 valence electrons. The molecule has 1 aromatic carbocycles. The Kier molecular flexibility index (Phi) is 9.66. The maximum Gasteiger partial charge on any atom is 0.125 e. The van der Waals surface area contributed by atoms with Crippen molar-refractivity contribution in [1.82, 2.24) is 12.3 Å². The summed E-state index contributed by atoms with van der Waals surface area (Å²) >= 11 is 0. The summed E-state index contributed by atoms with van der Waals surface area (Å²) in [6, 6.07) is 5.93. The molecule has 8 N–H and O–H groups in total. The van der Waals surface area contributed by atoms with Gasteiger partial charge in [-0.2, -0.15) is 0 Å². The van der Waals surface area contributed by atoms with Gasteiger partial charge in [0.2, 0.25) is 0 Å². The van der Waals surface area contributed by atoms with Crippen LogP contribution in [0.3, 0.4) is 0 Å². The summed E-state index contributed by atoms with van der Waals surface area (Å²) in [6.45, 7) is 3.40. The van der Waals surface area contributed by atoms with Gasteiger partial charge >= 0.3 is 0 Å². The van der Waals surface area contributed by atoms with E-state index in [-0.39, 0.29) is 29.6 Å². The van der Waals surface area contributed by atoms with E-state index < -0.39 is 10.1 Å². The third kappa shape index (κ3) is 4.91. The molecule has 0 saturated carbocycles. The van der Waals surface area contributed by atoms with E-state index in [4.69, 9.17) is 0 Å². The first kappa shape index (κ1) is 19.6. The van der Waals surface area contributed by atoms with Gasteiger partial charge in [0, 0.05) is 0 Å². The predicted molar refractivity (Wildman–Crippen MR) is 56.5 cm³/mol. The Hall–Kier alpha value is -0.920. The zero-order valence-electron chi connectivity index (χ0n) is 8.60. The summed E-state index contributed by atoms with van der Waals surface area (Å²) in [5, 5.41) is 0. The number of benzene rings is 1. The van der Waals surface area contributed by atoms with Gasteiger partial charge in [-0.3, -0.25) is 0 Å². The van der Waals surface area contributed by atoms with Crippen LogP contribution in [0.15, 0.2) is 35.7 Å². The van der Waals surface area contributed by atoms with E-state index in [0.717, 1.165) is 0 Å². The maximum absolute atomic E-state index is 10.6. The van der Waals surface area contributed by atoms with Gasteiger partial charge in [0.05, 0.1) is 4.90 Å². The van der Waals surface area contributed by atoms with E-state index in [9.17, 15) is 13.0 Å². The van der Waals surface area contributed by atoms with Gasteiger partial charge in [-0.15, -0.1) is 0 Å². The molecule has 0 aromatic heterocycles. The van der Waals surface area contributed by atoms with Gasteiger partial charge in [-0.05, 0) is 11.6 Å². The van der Waals surface area contributed by atoms with Crippen LogP contribution in [-0.2, 0) is 10.1 Å². The maximum atomic E-state index is 10.6. The summed E-state index contributed by atoms with van der Waals surface area (Å²) in [5.74, 6) is 0. The molecular formula is C8H15ClN2O3S. The molecule has 0 spiro atoms. The Bertz CT molecular complexity index is 406. The first-order chi connectivity index (χ1) is 5.55. The molecule has 0 heterocycles. The first-order valence-corrected chi connectivity index (χ1v) is 4.64. The molecule has 0 aliphatic rings. The van der Waals surface area contributed by atoms with Gasteiger partial charge in [-0.25, -0.2) is 8.42 Å². The van der Waals surface area contributed by atoms with Crippen LogP contribution in [0.4, 0.5) is 0 Å². The molecule has 0 unspecified atom stereocenters. The lowest BCUT2D eigenvalue weighted by Gasteiger charge is -2.09. The first-order valence-electron chi connectivity index (χ1n) is 3.23. The molecule has 0 aliphatic heterocycles. The molecule has 1 rings (SSSR count). The number of halogens is 1. The largest absolute Gasteiger partial charge is 1.00 e. The van der Waals surface area contributed by atoms with Gasteiger partial charge in [0.1, 0.15) is 10.1 Å². The fourth-order valence-electron chi connectivity index (χ4n) is 0.877. The van der Waals surface area contributed by atoms with E-state index in [0.29, 0.717) is 5.56 Å². The van der Waals surface area contributed by atoms with E-state index in [2.05, 4.69) is 6.58 Å². The van der Waals surface area contributed by atoms with Crippen molar-refractivity contribution >= 4 is 16.2 Å². The third-order valence-corrected chi connectivity index (χ3v) is 2.32. The summed E-state index contributed by atoms with van der Waals surface area (Å²) in [4.78, 5) is -0.222. The number of hydrogen-bond acceptors (Lipinski definition) is 3. The molecule has 1 aromatic rings. The minimum atomic E-state index is -4.37. The van der Waals surface area contributed by atoms with Crippen LogP contribution in [0.5, 0.6) is 0 Å². The van der Waals surface area contributed by atoms with Crippen molar-refractivity contribution in [3.05, 3.63) is 36.4 Å². The highest BCUT2D eigenvalue weighted by atomic mass is 35.5. The van der Waals surface area contributed by atoms with Gasteiger partial charge in [0.15, 0.2) is 0 Å². The van der Waals surface area contributed by atoms with E-state index in [1.165, 1.54) is 24.3 Å². The lowest BCUT2D eigenvalue weighted by Crippen LogP contribution is -3.00. The molecular weight excluding hydrogens is 240 g/mol. The molecule has 5 nitrogen and oxygen atoms in total. The SMILES string of the molecule is C=Cc1ccccc1S(=O)(=O)[O-].[Cl-].[NH4+].[NH4+]. The van der Waals surface area contributed by atoms with Crippen LogP contribution < -0.4 is 24.7 Å². The van der Waals surface area contributed by atoms with E-state index in [1.54, 1.807) is 6.07 Å². The zero-order valence-corrected chi connectivity index (χ0v) is 10.2. The highest BCUT2D eigenvalue weighted by molar-refractivity contribution is 7.85. The summed E-state index contributed by atoms with van der Waals surface area (Å²) < 4.78 is 31.8. The molecule has 0 saturated heterocycles. The quantitative estimate of drug-likeness (QED) is 0.656. The highest BCUT2D eigenvalue weighted by Crippen LogP contribution is 2.15. The summed E-state index contributed by atoms with van der Waals surface area (Å²) in [5.41, 5.74) is 0.340. The van der Waals surface area contributed by atoms with Crippen LogP contribution in [-0.4, -0.2) is 13.0 Å². The Labute approximate surface area is 95.5 Å². The van der Waals surface area contributed by atoms with Crippen molar-refractivity contribution in [2.75, 3.05) is 0 Å². The van der Waals surface area contributed by atoms with Crippen molar-refractivity contribution in [3.8, 4) is 0 Å². The van der Waals surface area contributed by atoms with Crippen molar-refractivity contribution in [3.63, 3.8) is 0 Å². The summed E-state index contributed by atoms with van der Waals surface area (Å²) in [6.07, 6.45) is 1.34. The van der Waals surface area contributed by atoms with Gasteiger partial charge < -0.3 is 29.3 Å². The van der Waals surface area contributed by atoms with Crippen LogP contribution in [0.25, 0.3) is 6.08 Å². The molecule has 0 aliphatic carbocycles. The topological polar surface area (TPSA) is 130 Å². The molecule has 7 heteroatoms. The Morgan fingerprint density at radius 3 is 2.00 bits per heavy atom. The fourth-order valence-corrected chi connectivity index (χ4v) is 1.56. The average Bonchev–Trinajstić information content (AvgIpc) is 2.03. The van der Waals surface area contributed by atoms with E-state index >= 15 is 0 Å². The molecule has 0 fully saturated rings. The Morgan fingerprint density at radius 1 is 1.20 bits per heavy atom. The van der Waals surface area contributed by atoms with Crippen molar-refractivity contribution in [1.29, 1.82) is 0 Å². The minimum Gasteiger partial charge on any atom is -1.00 e. The van der Waals surface area contributed by atoms with Crippen molar-refractivity contribution in [2.24, 2.45) is 0 Å². The lowest BCUT2D eigenvalue weighted by molar-refractivity contribution is -0.00000767. The average molecular weight is 255 g/mol. The fraction of sp³-hybridized carbons (Fsp3) is 0. The minimum absolute atomic E-state index is 0. The molecule has 0 bridgehead atoms. The number of quaternary nitrogens is 2. The standard InChI is InChI=1S/C8H8O3S.ClH.2H3N/c1-2-7-5-3-4-6-8(7)12(9,10)11;;;/h2-6H,1H2,(H,9,10,11);1H;2*1H3. The van der Waals surface area contributed by atoms with Crippen LogP contribution >= 0.6 is 0 Å². The van der Waals surface area contributed by atoms with Crippen LogP contribution in [0.2, 0.25) is 0 Å². The predicted octanol–water partition coefficient (Wildman–Crippen LogP) is -1.01. The molecule has 0 atom stereocenters. The van der Waals surface area contributed by atoms with Crippen molar-refractivity contribution < 1.29 is 25.4 Å². The molecule has 0 amide bonds. The summed E-state index contributed by atoms with van der Waals surface area (Å²) in [7, 11) is -4.37. The molecule has 0 radical (unpaired) electrons. The Morgan fingerprint density at radius 2 is 1.67 bits per heavy atom. The smallest absolute Gasteiger partial charge is 0.125 e. The number of hydrogen-bond donors (Lipinski definition) is 2. The highest BCUT2D eigenvalue weighted by Gasteiger charge is 2.03. The lowest BCUT2D eigenvalue weighted by atomic mass is 10.2. The van der Waals surface area contributed by atoms with Crippen molar-refractivity contribution in [2.45, 2.75) is 4.90 Å². The second kappa shape index (κ2) is 7.38. The Balaban J connectivity index is -0.000000480. The zero-order chi connectivity index (χ0) is 9.19.